The van der Waals surface area contributed by atoms with Gasteiger partial charge in [0.2, 0.25) is 0 Å². The van der Waals surface area contributed by atoms with Crippen LogP contribution in [-0.2, 0) is 22.7 Å². The second-order valence-corrected chi connectivity index (χ2v) is 6.58. The van der Waals surface area contributed by atoms with Crippen molar-refractivity contribution in [2.45, 2.75) is 19.6 Å². The molecule has 4 aromatic rings. The van der Waals surface area contributed by atoms with Crippen LogP contribution in [0.3, 0.4) is 0 Å². The molecule has 4 rings (SSSR count). The number of benzene rings is 2. The Balaban J connectivity index is 1.33. The number of nitrogens with zero attached hydrogens (tertiary/aromatic N) is 3. The molecule has 2 heterocycles. The van der Waals surface area contributed by atoms with Gasteiger partial charge in [0.05, 0.1) is 30.8 Å². The van der Waals surface area contributed by atoms with E-state index in [9.17, 15) is 9.59 Å². The van der Waals surface area contributed by atoms with Crippen molar-refractivity contribution in [1.29, 1.82) is 0 Å². The number of para-hydroxylation sites is 1. The van der Waals surface area contributed by atoms with Crippen LogP contribution in [0.15, 0.2) is 70.2 Å². The van der Waals surface area contributed by atoms with E-state index in [2.05, 4.69) is 10.1 Å². The molecule has 2 aromatic heterocycles. The van der Waals surface area contributed by atoms with Crippen molar-refractivity contribution in [2.75, 3.05) is 7.11 Å². The van der Waals surface area contributed by atoms with E-state index in [0.717, 1.165) is 11.3 Å². The molecule has 2 aromatic carbocycles. The van der Waals surface area contributed by atoms with Gasteiger partial charge in [-0.3, -0.25) is 14.2 Å². The van der Waals surface area contributed by atoms with Crippen molar-refractivity contribution in [1.82, 2.24) is 14.7 Å². The van der Waals surface area contributed by atoms with Gasteiger partial charge in [-0.2, -0.15) is 0 Å². The lowest BCUT2D eigenvalue weighted by molar-refractivity contribution is -0.145. The van der Waals surface area contributed by atoms with Gasteiger partial charge in [-0.15, -0.1) is 0 Å². The summed E-state index contributed by atoms with van der Waals surface area (Å²) in [7, 11) is 1.60. The minimum Gasteiger partial charge on any atom is -0.497 e. The van der Waals surface area contributed by atoms with Gasteiger partial charge < -0.3 is 14.0 Å². The molecule has 0 radical (unpaired) electrons. The van der Waals surface area contributed by atoms with Gasteiger partial charge in [-0.05, 0) is 36.4 Å². The Hall–Kier alpha value is -3.94. The second-order valence-electron chi connectivity index (χ2n) is 6.58. The first-order valence-electron chi connectivity index (χ1n) is 9.34. The Morgan fingerprint density at radius 2 is 1.93 bits per heavy atom. The highest BCUT2D eigenvalue weighted by molar-refractivity contribution is 5.77. The number of ether oxygens (including phenoxy) is 2. The number of fused-ring (bicyclic) bond motifs is 1. The first-order valence-corrected chi connectivity index (χ1v) is 9.34. The average Bonchev–Trinajstić information content (AvgIpc) is 3.26. The van der Waals surface area contributed by atoms with Crippen LogP contribution in [0, 0.1) is 0 Å². The average molecular weight is 405 g/mol. The Bertz CT molecular complexity index is 1230. The molecule has 0 fully saturated rings. The van der Waals surface area contributed by atoms with Crippen molar-refractivity contribution in [3.05, 3.63) is 77.0 Å². The number of aromatic nitrogens is 3. The Kier molecular flexibility index (Phi) is 5.56. The van der Waals surface area contributed by atoms with Crippen LogP contribution in [0.5, 0.6) is 5.75 Å². The minimum absolute atomic E-state index is 0.0106. The molecule has 8 nitrogen and oxygen atoms in total. The fourth-order valence-corrected chi connectivity index (χ4v) is 2.97. The molecule has 0 N–H and O–H groups in total. The SMILES string of the molecule is COc1ccc(-c2cc(COC(=O)CCn3cnc4ccccc4c3=O)no2)cc1. The van der Waals surface area contributed by atoms with E-state index in [4.69, 9.17) is 14.0 Å². The van der Waals surface area contributed by atoms with Crippen LogP contribution in [-0.4, -0.2) is 27.8 Å². The van der Waals surface area contributed by atoms with E-state index < -0.39 is 5.97 Å². The summed E-state index contributed by atoms with van der Waals surface area (Å²) in [5.41, 5.74) is 1.77. The van der Waals surface area contributed by atoms with Gasteiger partial charge >= 0.3 is 5.97 Å². The van der Waals surface area contributed by atoms with Crippen LogP contribution in [0.4, 0.5) is 0 Å². The molecule has 0 saturated heterocycles. The molecule has 0 aliphatic heterocycles. The third-order valence-electron chi connectivity index (χ3n) is 4.60. The summed E-state index contributed by atoms with van der Waals surface area (Å²) in [6, 6.07) is 16.1. The summed E-state index contributed by atoms with van der Waals surface area (Å²) >= 11 is 0. The van der Waals surface area contributed by atoms with Crippen LogP contribution in [0.1, 0.15) is 12.1 Å². The monoisotopic (exact) mass is 405 g/mol. The number of carbonyl (C=O) groups is 1. The predicted octanol–water partition coefficient (Wildman–Crippen LogP) is 3.19. The van der Waals surface area contributed by atoms with Crippen molar-refractivity contribution >= 4 is 16.9 Å². The molecule has 8 heteroatoms. The quantitative estimate of drug-likeness (QED) is 0.436. The van der Waals surface area contributed by atoms with Crippen molar-refractivity contribution < 1.29 is 18.8 Å². The highest BCUT2D eigenvalue weighted by Crippen LogP contribution is 2.23. The molecule has 152 valence electrons. The molecule has 0 atom stereocenters. The second kappa shape index (κ2) is 8.60. The topological polar surface area (TPSA) is 96.5 Å². The van der Waals surface area contributed by atoms with E-state index in [1.54, 1.807) is 31.4 Å². The molecule has 0 unspecified atom stereocenters. The van der Waals surface area contributed by atoms with Crippen LogP contribution < -0.4 is 10.3 Å². The van der Waals surface area contributed by atoms with E-state index in [-0.39, 0.29) is 25.1 Å². The van der Waals surface area contributed by atoms with E-state index >= 15 is 0 Å². The Labute approximate surface area is 171 Å². The third-order valence-corrected chi connectivity index (χ3v) is 4.60. The zero-order valence-corrected chi connectivity index (χ0v) is 16.3. The first kappa shape index (κ1) is 19.4. The number of aryl methyl sites for hydroxylation is 1. The lowest BCUT2D eigenvalue weighted by Crippen LogP contribution is -2.22. The van der Waals surface area contributed by atoms with E-state index in [1.165, 1.54) is 10.9 Å². The Morgan fingerprint density at radius 1 is 1.13 bits per heavy atom. The molecule has 30 heavy (non-hydrogen) atoms. The van der Waals surface area contributed by atoms with Gasteiger partial charge in [-0.1, -0.05) is 17.3 Å². The number of hydrogen-bond donors (Lipinski definition) is 0. The van der Waals surface area contributed by atoms with Crippen molar-refractivity contribution in [3.8, 4) is 17.1 Å². The minimum atomic E-state index is -0.441. The zero-order valence-electron chi connectivity index (χ0n) is 16.3. The zero-order chi connectivity index (χ0) is 20.9. The summed E-state index contributed by atoms with van der Waals surface area (Å²) < 4.78 is 17.1. The molecular formula is C22H19N3O5. The summed E-state index contributed by atoms with van der Waals surface area (Å²) in [5.74, 6) is 0.870. The summed E-state index contributed by atoms with van der Waals surface area (Å²) in [5, 5.41) is 4.44. The molecular weight excluding hydrogens is 386 g/mol. The number of esters is 1. The standard InChI is InChI=1S/C22H19N3O5/c1-28-17-8-6-15(7-9-17)20-12-16(24-30-20)13-29-21(26)10-11-25-14-23-19-5-3-2-4-18(19)22(25)27/h2-9,12,14H,10-11,13H2,1H3. The molecule has 0 spiro atoms. The Morgan fingerprint density at radius 3 is 2.73 bits per heavy atom. The fourth-order valence-electron chi connectivity index (χ4n) is 2.97. The smallest absolute Gasteiger partial charge is 0.307 e. The fraction of sp³-hybridized carbons (Fsp3) is 0.182. The maximum Gasteiger partial charge on any atom is 0.307 e. The van der Waals surface area contributed by atoms with E-state index in [1.807, 2.05) is 30.3 Å². The van der Waals surface area contributed by atoms with Gasteiger partial charge in [0, 0.05) is 18.2 Å². The summed E-state index contributed by atoms with van der Waals surface area (Å²) in [6.45, 7) is 0.175. The predicted molar refractivity (Wildman–Crippen MR) is 109 cm³/mol. The number of hydrogen-bond acceptors (Lipinski definition) is 7. The van der Waals surface area contributed by atoms with Crippen LogP contribution in [0.25, 0.3) is 22.2 Å². The van der Waals surface area contributed by atoms with Gasteiger partial charge in [-0.25, -0.2) is 4.98 Å². The lowest BCUT2D eigenvalue weighted by Gasteiger charge is -2.06. The molecule has 0 aliphatic rings. The molecule has 0 aliphatic carbocycles. The molecule has 0 saturated carbocycles. The maximum atomic E-state index is 12.4. The maximum absolute atomic E-state index is 12.4. The third kappa shape index (κ3) is 4.22. The highest BCUT2D eigenvalue weighted by Gasteiger charge is 2.11. The van der Waals surface area contributed by atoms with Crippen molar-refractivity contribution in [3.63, 3.8) is 0 Å². The van der Waals surface area contributed by atoms with Crippen LogP contribution >= 0.6 is 0 Å². The van der Waals surface area contributed by atoms with Crippen LogP contribution in [0.2, 0.25) is 0 Å². The van der Waals surface area contributed by atoms with Crippen molar-refractivity contribution in [2.24, 2.45) is 0 Å². The van der Waals surface area contributed by atoms with E-state index in [0.29, 0.717) is 22.4 Å². The molecule has 0 bridgehead atoms. The molecule has 0 amide bonds. The number of rotatable bonds is 7. The highest BCUT2D eigenvalue weighted by atomic mass is 16.5. The first-order chi connectivity index (χ1) is 14.6. The number of carbonyl (C=O) groups excluding carboxylic acids is 1. The lowest BCUT2D eigenvalue weighted by atomic mass is 10.1. The van der Waals surface area contributed by atoms with Gasteiger partial charge in [0.25, 0.3) is 5.56 Å². The normalized spacial score (nSPS) is 10.8. The number of methoxy groups -OCH3 is 1. The van der Waals surface area contributed by atoms with Gasteiger partial charge in [0.1, 0.15) is 18.1 Å². The van der Waals surface area contributed by atoms with Gasteiger partial charge in [0.15, 0.2) is 5.76 Å². The largest absolute Gasteiger partial charge is 0.497 e. The summed E-state index contributed by atoms with van der Waals surface area (Å²) in [4.78, 5) is 28.8. The summed E-state index contributed by atoms with van der Waals surface area (Å²) in [6.07, 6.45) is 1.49.